The van der Waals surface area contributed by atoms with Gasteiger partial charge in [-0.15, -0.1) is 0 Å². The average Bonchev–Trinajstić information content (AvgIpc) is 2.48. The molecule has 0 saturated heterocycles. The fraction of sp³-hybridized carbons (Fsp3) is 0.188. The maximum atomic E-state index is 13.3. The van der Waals surface area contributed by atoms with Crippen molar-refractivity contribution in [3.05, 3.63) is 65.5 Å². The molecule has 2 aromatic rings. The second-order valence-electron chi connectivity index (χ2n) is 4.49. The van der Waals surface area contributed by atoms with Gasteiger partial charge in [-0.3, -0.25) is 4.79 Å². The Kier molecular flexibility index (Phi) is 4.48. The van der Waals surface area contributed by atoms with Gasteiger partial charge in [0.15, 0.2) is 5.78 Å². The first-order valence-corrected chi connectivity index (χ1v) is 6.29. The summed E-state index contributed by atoms with van der Waals surface area (Å²) in [7, 11) is 1.45. The number of carbonyl (C=O) groups is 1. The Bertz CT molecular complexity index is 599. The zero-order chi connectivity index (χ0) is 14.5. The van der Waals surface area contributed by atoms with Crippen LogP contribution in [-0.4, -0.2) is 12.9 Å². The van der Waals surface area contributed by atoms with E-state index in [0.717, 1.165) is 5.56 Å². The molecule has 0 aliphatic rings. The number of ketones is 1. The highest BCUT2D eigenvalue weighted by atomic mass is 19.1. The zero-order valence-electron chi connectivity index (χ0n) is 11.2. The number of ether oxygens (including phenoxy) is 1. The first kappa shape index (κ1) is 14.2. The second-order valence-corrected chi connectivity index (χ2v) is 4.49. The number of methoxy groups -OCH3 is 1. The van der Waals surface area contributed by atoms with Crippen molar-refractivity contribution in [3.8, 4) is 5.75 Å². The summed E-state index contributed by atoms with van der Waals surface area (Å²) in [5.74, 6) is -0.350. The molecule has 2 rings (SSSR count). The van der Waals surface area contributed by atoms with Crippen molar-refractivity contribution in [2.45, 2.75) is 12.5 Å². The summed E-state index contributed by atoms with van der Waals surface area (Å²) in [6.07, 6.45) is 0.101. The monoisotopic (exact) mass is 273 g/mol. The number of halogens is 1. The van der Waals surface area contributed by atoms with E-state index in [1.165, 1.54) is 25.3 Å². The van der Waals surface area contributed by atoms with Crippen LogP contribution in [0.15, 0.2) is 48.5 Å². The van der Waals surface area contributed by atoms with E-state index in [0.29, 0.717) is 5.75 Å². The third-order valence-corrected chi connectivity index (χ3v) is 3.09. The van der Waals surface area contributed by atoms with E-state index in [1.54, 1.807) is 0 Å². The molecule has 0 aromatic heterocycles. The van der Waals surface area contributed by atoms with Crippen molar-refractivity contribution < 1.29 is 13.9 Å². The summed E-state index contributed by atoms with van der Waals surface area (Å²) in [5, 5.41) is 0. The number of benzene rings is 2. The fourth-order valence-electron chi connectivity index (χ4n) is 2.03. The number of hydrogen-bond donors (Lipinski definition) is 1. The van der Waals surface area contributed by atoms with Crippen LogP contribution >= 0.6 is 0 Å². The first-order chi connectivity index (χ1) is 9.61. The number of hydrogen-bond acceptors (Lipinski definition) is 3. The van der Waals surface area contributed by atoms with E-state index in [1.807, 2.05) is 30.3 Å². The van der Waals surface area contributed by atoms with Gasteiger partial charge in [-0.1, -0.05) is 30.3 Å². The molecule has 20 heavy (non-hydrogen) atoms. The standard InChI is InChI=1S/C16H16FNO2/c1-20-16-8-7-12(17)9-13(16)15(19)10-14(18)11-5-3-2-4-6-11/h2-9,14H,10,18H2,1H3. The summed E-state index contributed by atoms with van der Waals surface area (Å²) >= 11 is 0. The van der Waals surface area contributed by atoms with Crippen molar-refractivity contribution in [2.24, 2.45) is 5.73 Å². The molecule has 1 unspecified atom stereocenters. The Labute approximate surface area is 117 Å². The maximum Gasteiger partial charge on any atom is 0.168 e. The topological polar surface area (TPSA) is 52.3 Å². The number of nitrogens with two attached hydrogens (primary N) is 1. The molecular weight excluding hydrogens is 257 g/mol. The molecule has 0 aliphatic carbocycles. The Morgan fingerprint density at radius 1 is 1.25 bits per heavy atom. The van der Waals surface area contributed by atoms with Crippen molar-refractivity contribution in [3.63, 3.8) is 0 Å². The minimum atomic E-state index is -0.470. The molecule has 1 atom stereocenters. The number of carbonyl (C=O) groups excluding carboxylic acids is 1. The van der Waals surface area contributed by atoms with E-state index in [2.05, 4.69) is 0 Å². The van der Waals surface area contributed by atoms with Gasteiger partial charge in [-0.05, 0) is 23.8 Å². The highest BCUT2D eigenvalue weighted by molar-refractivity contribution is 5.99. The Morgan fingerprint density at radius 3 is 2.60 bits per heavy atom. The lowest BCUT2D eigenvalue weighted by Gasteiger charge is -2.13. The Morgan fingerprint density at radius 2 is 1.95 bits per heavy atom. The van der Waals surface area contributed by atoms with Gasteiger partial charge in [0.2, 0.25) is 0 Å². The lowest BCUT2D eigenvalue weighted by molar-refractivity contribution is 0.0971. The molecule has 2 N–H and O–H groups in total. The van der Waals surface area contributed by atoms with E-state index < -0.39 is 11.9 Å². The number of rotatable bonds is 5. The van der Waals surface area contributed by atoms with Gasteiger partial charge in [0, 0.05) is 12.5 Å². The van der Waals surface area contributed by atoms with Gasteiger partial charge in [-0.2, -0.15) is 0 Å². The molecule has 0 saturated carbocycles. The molecule has 4 heteroatoms. The summed E-state index contributed by atoms with van der Waals surface area (Å²) in [4.78, 5) is 12.2. The van der Waals surface area contributed by atoms with Crippen LogP contribution in [0.4, 0.5) is 4.39 Å². The average molecular weight is 273 g/mol. The highest BCUT2D eigenvalue weighted by Crippen LogP contribution is 2.24. The van der Waals surface area contributed by atoms with Crippen LogP contribution in [0, 0.1) is 5.82 Å². The lowest BCUT2D eigenvalue weighted by atomic mass is 9.98. The predicted molar refractivity (Wildman–Crippen MR) is 75.3 cm³/mol. The maximum absolute atomic E-state index is 13.3. The van der Waals surface area contributed by atoms with E-state index in [4.69, 9.17) is 10.5 Å². The van der Waals surface area contributed by atoms with Crippen molar-refractivity contribution >= 4 is 5.78 Å². The molecule has 2 aromatic carbocycles. The Balaban J connectivity index is 2.18. The normalized spacial score (nSPS) is 11.9. The third-order valence-electron chi connectivity index (χ3n) is 3.09. The minimum absolute atomic E-state index is 0.101. The molecule has 0 heterocycles. The van der Waals surface area contributed by atoms with Crippen molar-refractivity contribution in [1.82, 2.24) is 0 Å². The Hall–Kier alpha value is -2.20. The molecule has 0 fully saturated rings. The summed E-state index contributed by atoms with van der Waals surface area (Å²) < 4.78 is 18.3. The van der Waals surface area contributed by atoms with Gasteiger partial charge in [0.1, 0.15) is 11.6 Å². The van der Waals surface area contributed by atoms with Crippen LogP contribution in [0.3, 0.4) is 0 Å². The molecule has 0 radical (unpaired) electrons. The van der Waals surface area contributed by atoms with Crippen LogP contribution in [0.25, 0.3) is 0 Å². The highest BCUT2D eigenvalue weighted by Gasteiger charge is 2.17. The van der Waals surface area contributed by atoms with Gasteiger partial charge in [0.05, 0.1) is 12.7 Å². The summed E-state index contributed by atoms with van der Waals surface area (Å²) in [6, 6.07) is 12.8. The summed E-state index contributed by atoms with van der Waals surface area (Å²) in [5.41, 5.74) is 7.10. The van der Waals surface area contributed by atoms with Crippen LogP contribution in [0.2, 0.25) is 0 Å². The first-order valence-electron chi connectivity index (χ1n) is 6.29. The molecular formula is C16H16FNO2. The van der Waals surface area contributed by atoms with Crippen LogP contribution in [0.1, 0.15) is 28.4 Å². The van der Waals surface area contributed by atoms with Crippen molar-refractivity contribution in [2.75, 3.05) is 7.11 Å². The van der Waals surface area contributed by atoms with Gasteiger partial charge in [0.25, 0.3) is 0 Å². The SMILES string of the molecule is COc1ccc(F)cc1C(=O)CC(N)c1ccccc1. The van der Waals surface area contributed by atoms with Crippen LogP contribution in [0.5, 0.6) is 5.75 Å². The van der Waals surface area contributed by atoms with Gasteiger partial charge in [-0.25, -0.2) is 4.39 Å². The summed E-state index contributed by atoms with van der Waals surface area (Å²) in [6.45, 7) is 0. The molecule has 0 spiro atoms. The number of Topliss-reactive ketones (excluding diaryl/α,β-unsaturated/α-hetero) is 1. The van der Waals surface area contributed by atoms with E-state index in [9.17, 15) is 9.18 Å². The smallest absolute Gasteiger partial charge is 0.168 e. The third kappa shape index (κ3) is 3.22. The van der Waals surface area contributed by atoms with Gasteiger partial charge < -0.3 is 10.5 Å². The molecule has 0 bridgehead atoms. The minimum Gasteiger partial charge on any atom is -0.496 e. The van der Waals surface area contributed by atoms with E-state index >= 15 is 0 Å². The van der Waals surface area contributed by atoms with Gasteiger partial charge >= 0.3 is 0 Å². The molecule has 104 valence electrons. The fourth-order valence-corrected chi connectivity index (χ4v) is 2.03. The van der Waals surface area contributed by atoms with E-state index in [-0.39, 0.29) is 17.8 Å². The zero-order valence-corrected chi connectivity index (χ0v) is 11.2. The largest absolute Gasteiger partial charge is 0.496 e. The quantitative estimate of drug-likeness (QED) is 0.852. The van der Waals surface area contributed by atoms with Crippen LogP contribution in [-0.2, 0) is 0 Å². The van der Waals surface area contributed by atoms with Crippen LogP contribution < -0.4 is 10.5 Å². The molecule has 0 amide bonds. The lowest BCUT2D eigenvalue weighted by Crippen LogP contribution is -2.16. The second kappa shape index (κ2) is 6.30. The molecule has 0 aliphatic heterocycles. The molecule has 3 nitrogen and oxygen atoms in total. The predicted octanol–water partition coefficient (Wildman–Crippen LogP) is 3.11. The van der Waals surface area contributed by atoms with Crippen molar-refractivity contribution in [1.29, 1.82) is 0 Å².